The molecule has 0 spiro atoms. The van der Waals surface area contributed by atoms with Crippen molar-refractivity contribution in [3.63, 3.8) is 0 Å². The van der Waals surface area contributed by atoms with Gasteiger partial charge >= 0.3 is 6.09 Å². The topological polar surface area (TPSA) is 71.9 Å². The monoisotopic (exact) mass is 372 g/mol. The average Bonchev–Trinajstić information content (AvgIpc) is 2.60. The van der Waals surface area contributed by atoms with Gasteiger partial charge in [0, 0.05) is 29.0 Å². The number of hydrogen-bond donors (Lipinski definition) is 1. The molecule has 0 aromatic carbocycles. The Balaban J connectivity index is 2.23. The first-order valence-electron chi connectivity index (χ1n) is 7.09. The highest BCUT2D eigenvalue weighted by Crippen LogP contribution is 2.30. The van der Waals surface area contributed by atoms with E-state index in [4.69, 9.17) is 9.47 Å². The van der Waals surface area contributed by atoms with Gasteiger partial charge in [0.25, 0.3) is 0 Å². The van der Waals surface area contributed by atoms with E-state index in [2.05, 4.69) is 20.9 Å². The van der Waals surface area contributed by atoms with Gasteiger partial charge in [0.2, 0.25) is 0 Å². The highest BCUT2D eigenvalue weighted by atomic mass is 79.9. The summed E-state index contributed by atoms with van der Waals surface area (Å²) in [5.74, 6) is 0. The van der Waals surface area contributed by atoms with Crippen LogP contribution in [0.15, 0.2) is 22.9 Å². The summed E-state index contributed by atoms with van der Waals surface area (Å²) in [5, 5.41) is 11.0. The van der Waals surface area contributed by atoms with Crippen molar-refractivity contribution in [3.8, 4) is 0 Å². The molecule has 0 bridgehead atoms. The Morgan fingerprint density at radius 1 is 1.55 bits per heavy atom. The van der Waals surface area contributed by atoms with E-state index >= 15 is 0 Å². The number of β-amino-alcohol motifs (C(OH)–C–C–N with tert-alkyl or cyclic N) is 1. The van der Waals surface area contributed by atoms with E-state index in [1.54, 1.807) is 18.5 Å². The number of hydrogen-bond acceptors (Lipinski definition) is 5. The molecule has 2 heterocycles. The van der Waals surface area contributed by atoms with Crippen molar-refractivity contribution >= 4 is 22.0 Å². The van der Waals surface area contributed by atoms with E-state index in [9.17, 15) is 9.90 Å². The second-order valence-corrected chi connectivity index (χ2v) is 7.20. The lowest BCUT2D eigenvalue weighted by molar-refractivity contribution is -0.0448. The molecule has 0 saturated carbocycles. The van der Waals surface area contributed by atoms with E-state index in [0.29, 0.717) is 23.2 Å². The quantitative estimate of drug-likeness (QED) is 0.818. The summed E-state index contributed by atoms with van der Waals surface area (Å²) in [6, 6.07) is 1.71. The Morgan fingerprint density at radius 2 is 2.27 bits per heavy atom. The number of pyridine rings is 1. The van der Waals surface area contributed by atoms with Crippen LogP contribution in [-0.4, -0.2) is 53.0 Å². The van der Waals surface area contributed by atoms with Crippen molar-refractivity contribution < 1.29 is 19.4 Å². The van der Waals surface area contributed by atoms with Crippen LogP contribution < -0.4 is 0 Å². The summed E-state index contributed by atoms with van der Waals surface area (Å²) in [5.41, 5.74) is -1.26. The molecule has 2 rings (SSSR count). The Hall–Kier alpha value is -1.18. The van der Waals surface area contributed by atoms with Gasteiger partial charge in [-0.15, -0.1) is 0 Å². The largest absolute Gasteiger partial charge is 0.444 e. The molecule has 1 saturated heterocycles. The Labute approximate surface area is 138 Å². The summed E-state index contributed by atoms with van der Waals surface area (Å²) < 4.78 is 11.6. The van der Waals surface area contributed by atoms with Crippen LogP contribution in [0.1, 0.15) is 26.3 Å². The minimum Gasteiger partial charge on any atom is -0.444 e. The number of carbonyl (C=O) groups excluding carboxylic acids is 1. The summed E-state index contributed by atoms with van der Waals surface area (Å²) in [7, 11) is 0. The van der Waals surface area contributed by atoms with Gasteiger partial charge in [0.15, 0.2) is 0 Å². The van der Waals surface area contributed by atoms with E-state index < -0.39 is 17.3 Å². The van der Waals surface area contributed by atoms with Gasteiger partial charge in [0.05, 0.1) is 19.8 Å². The van der Waals surface area contributed by atoms with E-state index in [-0.39, 0.29) is 13.2 Å². The Morgan fingerprint density at radius 3 is 2.91 bits per heavy atom. The first-order chi connectivity index (χ1) is 10.2. The van der Waals surface area contributed by atoms with Crippen LogP contribution in [0.2, 0.25) is 0 Å². The molecule has 1 aromatic rings. The molecule has 7 heteroatoms. The lowest BCUT2D eigenvalue weighted by Gasteiger charge is -2.32. The normalized spacial score (nSPS) is 23.0. The van der Waals surface area contributed by atoms with Crippen LogP contribution in [-0.2, 0) is 15.1 Å². The second kappa shape index (κ2) is 6.52. The number of carbonyl (C=O) groups is 1. The fraction of sp³-hybridized carbons (Fsp3) is 0.600. The predicted molar refractivity (Wildman–Crippen MR) is 84.5 cm³/mol. The van der Waals surface area contributed by atoms with Crippen LogP contribution in [0, 0.1) is 0 Å². The molecule has 122 valence electrons. The summed E-state index contributed by atoms with van der Waals surface area (Å²) >= 11 is 3.39. The van der Waals surface area contributed by atoms with Crippen molar-refractivity contribution in [2.45, 2.75) is 32.0 Å². The zero-order valence-electron chi connectivity index (χ0n) is 13.0. The standard InChI is InChI=1S/C15H21BrN2O4/c1-14(2,3)22-13(19)18-6-7-21-10-15(20,9-18)11-4-5-17-8-12(11)16/h4-5,8,20H,6-7,9-10H2,1-3H3. The number of amides is 1. The molecule has 0 radical (unpaired) electrons. The summed E-state index contributed by atoms with van der Waals surface area (Å²) in [6.07, 6.45) is 2.75. The maximum absolute atomic E-state index is 12.3. The third-order valence-corrected chi connectivity index (χ3v) is 3.86. The Kier molecular flexibility index (Phi) is 5.09. The molecule has 1 fully saturated rings. The van der Waals surface area contributed by atoms with E-state index in [1.165, 1.54) is 4.90 Å². The highest BCUT2D eigenvalue weighted by Gasteiger charge is 2.38. The zero-order chi connectivity index (χ0) is 16.4. The molecule has 22 heavy (non-hydrogen) atoms. The fourth-order valence-corrected chi connectivity index (χ4v) is 2.87. The molecular formula is C15H21BrN2O4. The van der Waals surface area contributed by atoms with Crippen LogP contribution in [0.25, 0.3) is 0 Å². The van der Waals surface area contributed by atoms with E-state index in [1.807, 2.05) is 20.8 Å². The zero-order valence-corrected chi connectivity index (χ0v) is 14.6. The number of halogens is 1. The van der Waals surface area contributed by atoms with Gasteiger partial charge < -0.3 is 19.5 Å². The smallest absolute Gasteiger partial charge is 0.410 e. The fourth-order valence-electron chi connectivity index (χ4n) is 2.25. The van der Waals surface area contributed by atoms with Crippen molar-refractivity contribution in [2.75, 3.05) is 26.3 Å². The maximum atomic E-state index is 12.3. The molecular weight excluding hydrogens is 352 g/mol. The van der Waals surface area contributed by atoms with Crippen molar-refractivity contribution in [1.29, 1.82) is 0 Å². The minimum atomic E-state index is -1.31. The number of aromatic nitrogens is 1. The molecule has 1 atom stereocenters. The first-order valence-corrected chi connectivity index (χ1v) is 7.89. The molecule has 6 nitrogen and oxygen atoms in total. The van der Waals surface area contributed by atoms with Crippen molar-refractivity contribution in [1.82, 2.24) is 9.88 Å². The SMILES string of the molecule is CC(C)(C)OC(=O)N1CCOCC(O)(c2ccncc2Br)C1. The lowest BCUT2D eigenvalue weighted by Crippen LogP contribution is -2.46. The molecule has 1 aromatic heterocycles. The Bertz CT molecular complexity index is 547. The molecule has 1 unspecified atom stereocenters. The second-order valence-electron chi connectivity index (χ2n) is 6.34. The van der Waals surface area contributed by atoms with Crippen molar-refractivity contribution in [2.24, 2.45) is 0 Å². The van der Waals surface area contributed by atoms with Gasteiger partial charge in [-0.1, -0.05) is 0 Å². The van der Waals surface area contributed by atoms with Crippen LogP contribution >= 0.6 is 15.9 Å². The first kappa shape index (κ1) is 17.2. The van der Waals surface area contributed by atoms with Crippen LogP contribution in [0.4, 0.5) is 4.79 Å². The van der Waals surface area contributed by atoms with Crippen LogP contribution in [0.5, 0.6) is 0 Å². The van der Waals surface area contributed by atoms with Gasteiger partial charge in [-0.3, -0.25) is 4.98 Å². The van der Waals surface area contributed by atoms with Gasteiger partial charge in [-0.25, -0.2) is 4.79 Å². The van der Waals surface area contributed by atoms with Gasteiger partial charge in [-0.2, -0.15) is 0 Å². The minimum absolute atomic E-state index is 0.102. The van der Waals surface area contributed by atoms with Crippen LogP contribution in [0.3, 0.4) is 0 Å². The van der Waals surface area contributed by atoms with Crippen molar-refractivity contribution in [3.05, 3.63) is 28.5 Å². The average molecular weight is 373 g/mol. The maximum Gasteiger partial charge on any atom is 0.410 e. The molecule has 1 amide bonds. The number of ether oxygens (including phenoxy) is 2. The van der Waals surface area contributed by atoms with E-state index in [0.717, 1.165) is 0 Å². The molecule has 1 aliphatic rings. The summed E-state index contributed by atoms with van der Waals surface area (Å²) in [4.78, 5) is 17.8. The third kappa shape index (κ3) is 4.18. The lowest BCUT2D eigenvalue weighted by atomic mass is 9.95. The third-order valence-electron chi connectivity index (χ3n) is 3.22. The number of rotatable bonds is 1. The highest BCUT2D eigenvalue weighted by molar-refractivity contribution is 9.10. The van der Waals surface area contributed by atoms with Gasteiger partial charge in [-0.05, 0) is 42.8 Å². The molecule has 0 aliphatic carbocycles. The molecule has 1 aliphatic heterocycles. The number of nitrogens with zero attached hydrogens (tertiary/aromatic N) is 2. The summed E-state index contributed by atoms with van der Waals surface area (Å²) in [6.45, 7) is 6.37. The predicted octanol–water partition coefficient (Wildman–Crippen LogP) is 2.30. The number of aliphatic hydroxyl groups is 1. The molecule has 1 N–H and O–H groups in total. The van der Waals surface area contributed by atoms with Gasteiger partial charge in [0.1, 0.15) is 11.2 Å².